The number of hydrogen-bond donors (Lipinski definition) is 0. The minimum absolute atomic E-state index is 0.255. The Morgan fingerprint density at radius 3 is 2.50 bits per heavy atom. The molecule has 0 aliphatic carbocycles. The van der Waals surface area contributed by atoms with E-state index >= 15 is 0 Å². The van der Waals surface area contributed by atoms with Gasteiger partial charge < -0.3 is 4.74 Å². The molecule has 1 atom stereocenters. The van der Waals surface area contributed by atoms with Gasteiger partial charge in [0, 0.05) is 0 Å². The van der Waals surface area contributed by atoms with Gasteiger partial charge in [-0.2, -0.15) is 4.39 Å². The number of benzene rings is 1. The number of aromatic nitrogens is 3. The number of ether oxygens (including phenoxy) is 1. The van der Waals surface area contributed by atoms with Crippen LogP contribution in [0.5, 0.6) is 0 Å². The van der Waals surface area contributed by atoms with Crippen LogP contribution in [-0.2, 0) is 4.74 Å². The van der Waals surface area contributed by atoms with Crippen LogP contribution in [0, 0.1) is 5.95 Å². The summed E-state index contributed by atoms with van der Waals surface area (Å²) in [7, 11) is 0. The minimum atomic E-state index is -0.918. The van der Waals surface area contributed by atoms with Gasteiger partial charge in [-0.3, -0.25) is 0 Å². The maximum Gasteiger partial charge on any atom is 0.361 e. The fraction of sp³-hybridized carbons (Fsp3) is 0.357. The second-order valence-corrected chi connectivity index (χ2v) is 4.71. The van der Waals surface area contributed by atoms with Gasteiger partial charge >= 0.3 is 5.97 Å². The maximum atomic E-state index is 13.7. The van der Waals surface area contributed by atoms with Gasteiger partial charge in [0.1, 0.15) is 0 Å². The third kappa shape index (κ3) is 2.84. The van der Waals surface area contributed by atoms with Crippen molar-refractivity contribution in [3.63, 3.8) is 0 Å². The van der Waals surface area contributed by atoms with Crippen LogP contribution in [0.15, 0.2) is 30.3 Å². The Balaban J connectivity index is 2.36. The summed E-state index contributed by atoms with van der Waals surface area (Å²) in [6.45, 7) is 5.21. The fourth-order valence-electron chi connectivity index (χ4n) is 1.87. The minimum Gasteiger partial charge on any atom is -0.458 e. The summed E-state index contributed by atoms with van der Waals surface area (Å²) in [5.41, 5.74) is 0.644. The van der Waals surface area contributed by atoms with E-state index in [0.717, 1.165) is 5.56 Å². The first-order chi connectivity index (χ1) is 9.50. The van der Waals surface area contributed by atoms with Crippen molar-refractivity contribution < 1.29 is 13.9 Å². The Morgan fingerprint density at radius 1 is 1.25 bits per heavy atom. The second kappa shape index (κ2) is 5.81. The van der Waals surface area contributed by atoms with Crippen molar-refractivity contribution in [3.05, 3.63) is 47.5 Å². The zero-order valence-electron chi connectivity index (χ0n) is 11.6. The summed E-state index contributed by atoms with van der Waals surface area (Å²) >= 11 is 0. The lowest BCUT2D eigenvalue weighted by molar-refractivity contribution is 0.0356. The molecule has 0 N–H and O–H groups in total. The largest absolute Gasteiger partial charge is 0.458 e. The van der Waals surface area contributed by atoms with E-state index in [2.05, 4.69) is 10.3 Å². The summed E-state index contributed by atoms with van der Waals surface area (Å²) in [6, 6.07) is 9.05. The number of carbonyl (C=O) groups excluding carboxylic acids is 1. The van der Waals surface area contributed by atoms with Gasteiger partial charge in [-0.15, -0.1) is 0 Å². The molecule has 1 aromatic carbocycles. The smallest absolute Gasteiger partial charge is 0.361 e. The SMILES string of the molecule is CC(C)OC(=O)c1c(F)nnn1[C@H](C)c1ccccc1. The molecule has 0 aliphatic rings. The van der Waals surface area contributed by atoms with Crippen molar-refractivity contribution in [3.8, 4) is 0 Å². The molecule has 2 rings (SSSR count). The van der Waals surface area contributed by atoms with Gasteiger partial charge in [0.05, 0.1) is 12.1 Å². The second-order valence-electron chi connectivity index (χ2n) is 4.71. The molecule has 20 heavy (non-hydrogen) atoms. The van der Waals surface area contributed by atoms with Gasteiger partial charge in [0.2, 0.25) is 5.69 Å². The molecule has 1 aromatic heterocycles. The van der Waals surface area contributed by atoms with Gasteiger partial charge in [-0.1, -0.05) is 40.6 Å². The Labute approximate surface area is 116 Å². The monoisotopic (exact) mass is 277 g/mol. The number of rotatable bonds is 4. The number of halogens is 1. The van der Waals surface area contributed by atoms with E-state index in [-0.39, 0.29) is 17.8 Å². The normalized spacial score (nSPS) is 12.4. The molecule has 106 valence electrons. The van der Waals surface area contributed by atoms with E-state index in [9.17, 15) is 9.18 Å². The van der Waals surface area contributed by atoms with Crippen LogP contribution in [0.2, 0.25) is 0 Å². The van der Waals surface area contributed by atoms with Crippen molar-refractivity contribution in [1.29, 1.82) is 0 Å². The number of hydrogen-bond acceptors (Lipinski definition) is 4. The molecule has 0 bridgehead atoms. The van der Waals surface area contributed by atoms with Crippen molar-refractivity contribution >= 4 is 5.97 Å². The number of nitrogens with zero attached hydrogens (tertiary/aromatic N) is 3. The highest BCUT2D eigenvalue weighted by Crippen LogP contribution is 2.20. The molecule has 0 saturated carbocycles. The molecule has 1 heterocycles. The Kier molecular flexibility index (Phi) is 4.12. The molecule has 0 unspecified atom stereocenters. The highest BCUT2D eigenvalue weighted by molar-refractivity contribution is 5.87. The molecule has 0 amide bonds. The zero-order chi connectivity index (χ0) is 14.7. The highest BCUT2D eigenvalue weighted by Gasteiger charge is 2.26. The van der Waals surface area contributed by atoms with E-state index < -0.39 is 11.9 Å². The molecule has 5 nitrogen and oxygen atoms in total. The van der Waals surface area contributed by atoms with E-state index in [1.165, 1.54) is 4.68 Å². The van der Waals surface area contributed by atoms with Crippen LogP contribution in [0.25, 0.3) is 0 Å². The topological polar surface area (TPSA) is 57.0 Å². The van der Waals surface area contributed by atoms with E-state index in [0.29, 0.717) is 0 Å². The zero-order valence-corrected chi connectivity index (χ0v) is 11.6. The molecular weight excluding hydrogens is 261 g/mol. The Morgan fingerprint density at radius 2 is 1.90 bits per heavy atom. The van der Waals surface area contributed by atoms with Crippen LogP contribution in [0.1, 0.15) is 42.9 Å². The third-order valence-electron chi connectivity index (χ3n) is 2.84. The summed E-state index contributed by atoms with van der Waals surface area (Å²) in [6.07, 6.45) is -0.336. The molecule has 0 aliphatic heterocycles. The van der Waals surface area contributed by atoms with Crippen molar-refractivity contribution in [1.82, 2.24) is 15.0 Å². The average Bonchev–Trinajstić information content (AvgIpc) is 2.80. The summed E-state index contributed by atoms with van der Waals surface area (Å²) < 4.78 is 20.0. The molecule has 6 heteroatoms. The maximum absolute atomic E-state index is 13.7. The van der Waals surface area contributed by atoms with Crippen molar-refractivity contribution in [2.45, 2.75) is 32.9 Å². The van der Waals surface area contributed by atoms with Crippen LogP contribution >= 0.6 is 0 Å². The fourth-order valence-corrected chi connectivity index (χ4v) is 1.87. The van der Waals surface area contributed by atoms with Gasteiger partial charge in [-0.25, -0.2) is 9.48 Å². The molecule has 0 saturated heterocycles. The van der Waals surface area contributed by atoms with Gasteiger partial charge in [0.25, 0.3) is 5.95 Å². The first-order valence-electron chi connectivity index (χ1n) is 6.37. The Bertz CT molecular complexity index is 596. The Hall–Kier alpha value is -2.24. The lowest BCUT2D eigenvalue weighted by Crippen LogP contribution is -2.20. The number of esters is 1. The summed E-state index contributed by atoms with van der Waals surface area (Å²) in [4.78, 5) is 11.9. The van der Waals surface area contributed by atoms with Crippen LogP contribution in [-0.4, -0.2) is 27.1 Å². The van der Waals surface area contributed by atoms with Gasteiger partial charge in [-0.05, 0) is 26.3 Å². The predicted molar refractivity (Wildman–Crippen MR) is 70.8 cm³/mol. The highest BCUT2D eigenvalue weighted by atomic mass is 19.1. The average molecular weight is 277 g/mol. The van der Waals surface area contributed by atoms with Gasteiger partial charge in [0.15, 0.2) is 0 Å². The molecule has 0 radical (unpaired) electrons. The summed E-state index contributed by atoms with van der Waals surface area (Å²) in [5, 5.41) is 7.05. The predicted octanol–water partition coefficient (Wildman–Crippen LogP) is 2.59. The van der Waals surface area contributed by atoms with Crippen LogP contribution in [0.3, 0.4) is 0 Å². The van der Waals surface area contributed by atoms with Crippen molar-refractivity contribution in [2.75, 3.05) is 0 Å². The first-order valence-corrected chi connectivity index (χ1v) is 6.37. The molecule has 0 fully saturated rings. The van der Waals surface area contributed by atoms with E-state index in [4.69, 9.17) is 4.74 Å². The van der Waals surface area contributed by atoms with E-state index in [1.54, 1.807) is 13.8 Å². The standard InChI is InChI=1S/C14H16FN3O2/c1-9(2)20-14(19)12-13(15)16-17-18(12)10(3)11-7-5-4-6-8-11/h4-10H,1-3H3/t10-/m1/s1. The molecular formula is C14H16FN3O2. The lowest BCUT2D eigenvalue weighted by Gasteiger charge is -2.15. The quantitative estimate of drug-likeness (QED) is 0.806. The first kappa shape index (κ1) is 14.2. The van der Waals surface area contributed by atoms with E-state index in [1.807, 2.05) is 37.3 Å². The van der Waals surface area contributed by atoms with Crippen LogP contribution in [0.4, 0.5) is 4.39 Å². The van der Waals surface area contributed by atoms with Crippen molar-refractivity contribution in [2.24, 2.45) is 0 Å². The molecule has 0 spiro atoms. The lowest BCUT2D eigenvalue weighted by atomic mass is 10.1. The van der Waals surface area contributed by atoms with Crippen LogP contribution < -0.4 is 0 Å². The third-order valence-corrected chi connectivity index (χ3v) is 2.84. The number of carbonyl (C=O) groups is 1. The summed E-state index contributed by atoms with van der Waals surface area (Å²) in [5.74, 6) is -1.68. The molecule has 2 aromatic rings.